The molecule has 155 valence electrons. The zero-order chi connectivity index (χ0) is 21.3. The molecule has 0 unspecified atom stereocenters. The average Bonchev–Trinajstić information content (AvgIpc) is 2.80. The molecule has 0 N–H and O–H groups in total. The predicted octanol–water partition coefficient (Wildman–Crippen LogP) is 6.17. The van der Waals surface area contributed by atoms with E-state index in [9.17, 15) is 5.21 Å². The second-order valence-corrected chi connectivity index (χ2v) is 7.61. The van der Waals surface area contributed by atoms with Crippen molar-refractivity contribution in [2.75, 3.05) is 6.61 Å². The van der Waals surface area contributed by atoms with Gasteiger partial charge in [0.05, 0.1) is 13.2 Å². The van der Waals surface area contributed by atoms with Gasteiger partial charge in [0.2, 0.25) is 5.71 Å². The number of hydroxylamine groups is 1. The third-order valence-corrected chi connectivity index (χ3v) is 5.22. The lowest BCUT2D eigenvalue weighted by Crippen LogP contribution is -2.21. The number of benzene rings is 3. The van der Waals surface area contributed by atoms with Crippen molar-refractivity contribution in [2.24, 2.45) is 0 Å². The van der Waals surface area contributed by atoms with Crippen LogP contribution in [0, 0.1) is 11.1 Å². The Morgan fingerprint density at radius 3 is 2.16 bits per heavy atom. The van der Waals surface area contributed by atoms with Gasteiger partial charge < -0.3 is 9.94 Å². The second kappa shape index (κ2) is 10.6. The summed E-state index contributed by atoms with van der Waals surface area (Å²) in [6.07, 6.45) is 7.08. The van der Waals surface area contributed by atoms with Crippen LogP contribution < -0.4 is 0 Å². The molecule has 0 bridgehead atoms. The Morgan fingerprint density at radius 2 is 1.45 bits per heavy atom. The van der Waals surface area contributed by atoms with E-state index >= 15 is 0 Å². The molecule has 0 saturated carbocycles. The summed E-state index contributed by atoms with van der Waals surface area (Å²) in [6, 6.07) is 30.2. The van der Waals surface area contributed by atoms with Gasteiger partial charge in [-0.3, -0.25) is 0 Å². The van der Waals surface area contributed by atoms with Crippen LogP contribution in [0.5, 0.6) is 0 Å². The lowest BCUT2D eigenvalue weighted by molar-refractivity contribution is -0.377. The van der Waals surface area contributed by atoms with Crippen molar-refractivity contribution >= 4 is 11.8 Å². The van der Waals surface area contributed by atoms with Crippen molar-refractivity contribution in [1.82, 2.24) is 0 Å². The van der Waals surface area contributed by atoms with E-state index in [-0.39, 0.29) is 0 Å². The summed E-state index contributed by atoms with van der Waals surface area (Å²) in [5.74, 6) is 1.25. The second-order valence-electron chi connectivity index (χ2n) is 7.61. The molecule has 0 spiro atoms. The smallest absolute Gasteiger partial charge is 0.226 e. The molecular weight excluding hydrogens is 382 g/mol. The molecule has 3 heteroatoms. The minimum absolute atomic E-state index is 0.562. The van der Waals surface area contributed by atoms with Crippen LogP contribution in [0.2, 0.25) is 0 Å². The molecule has 1 aliphatic heterocycles. The molecule has 0 saturated heterocycles. The quantitative estimate of drug-likeness (QED) is 0.361. The van der Waals surface area contributed by atoms with Crippen LogP contribution in [-0.4, -0.2) is 17.1 Å². The monoisotopic (exact) mass is 408 g/mol. The van der Waals surface area contributed by atoms with Crippen molar-refractivity contribution < 1.29 is 9.48 Å². The Labute approximate surface area is 184 Å². The van der Waals surface area contributed by atoms with Crippen LogP contribution in [0.25, 0.3) is 6.08 Å². The van der Waals surface area contributed by atoms with Gasteiger partial charge in [-0.2, -0.15) is 4.74 Å². The lowest BCUT2D eigenvalue weighted by Gasteiger charge is -2.20. The first-order valence-corrected chi connectivity index (χ1v) is 10.6. The topological polar surface area (TPSA) is 35.3 Å². The van der Waals surface area contributed by atoms with Crippen molar-refractivity contribution in [3.05, 3.63) is 137 Å². The van der Waals surface area contributed by atoms with Crippen LogP contribution in [0.1, 0.15) is 29.5 Å². The fraction of sp³-hybridized carbons (Fsp3) is 0.143. The Balaban J connectivity index is 1.61. The first-order valence-electron chi connectivity index (χ1n) is 10.6. The molecule has 4 rings (SSSR count). The van der Waals surface area contributed by atoms with Gasteiger partial charge in [-0.15, -0.1) is 0 Å². The number of allylic oxidation sites excluding steroid dienone is 2. The molecule has 0 aliphatic carbocycles. The molecule has 1 aliphatic rings. The number of ether oxygens (including phenoxy) is 1. The van der Waals surface area contributed by atoms with E-state index in [0.717, 1.165) is 33.4 Å². The molecule has 31 heavy (non-hydrogen) atoms. The summed E-state index contributed by atoms with van der Waals surface area (Å²) in [5.41, 5.74) is 4.83. The van der Waals surface area contributed by atoms with Crippen LogP contribution in [-0.2, 0) is 11.3 Å². The number of nitrogens with zero attached hydrogens (tertiary/aromatic N) is 1. The van der Waals surface area contributed by atoms with Gasteiger partial charge in [-0.05, 0) is 48.3 Å². The Morgan fingerprint density at radius 1 is 0.806 bits per heavy atom. The average molecular weight is 409 g/mol. The van der Waals surface area contributed by atoms with Gasteiger partial charge in [0.1, 0.15) is 0 Å². The van der Waals surface area contributed by atoms with Crippen molar-refractivity contribution in [3.63, 3.8) is 0 Å². The van der Waals surface area contributed by atoms with Crippen molar-refractivity contribution in [2.45, 2.75) is 19.4 Å². The van der Waals surface area contributed by atoms with Crippen LogP contribution >= 0.6 is 0 Å². The highest BCUT2D eigenvalue weighted by molar-refractivity contribution is 6.12. The van der Waals surface area contributed by atoms with E-state index in [1.807, 2.05) is 72.8 Å². The summed E-state index contributed by atoms with van der Waals surface area (Å²) in [7, 11) is 0. The molecular formula is C28H26NO2. The fourth-order valence-corrected chi connectivity index (χ4v) is 3.73. The van der Waals surface area contributed by atoms with Crippen LogP contribution in [0.3, 0.4) is 0 Å². The third kappa shape index (κ3) is 5.80. The Hall–Kier alpha value is -3.43. The van der Waals surface area contributed by atoms with Crippen molar-refractivity contribution in [1.29, 1.82) is 0 Å². The van der Waals surface area contributed by atoms with Gasteiger partial charge in [-0.25, -0.2) is 0 Å². The normalized spacial score (nSPS) is 19.7. The molecule has 1 heterocycles. The van der Waals surface area contributed by atoms with Gasteiger partial charge in [-0.1, -0.05) is 78.9 Å². The molecule has 0 atom stereocenters. The molecule has 0 fully saturated rings. The minimum atomic E-state index is 0.562. The molecule has 0 aromatic heterocycles. The van der Waals surface area contributed by atoms with E-state index in [2.05, 4.69) is 30.3 Å². The standard InChI is InChI=1S/C28H26NO2/c30-29-18-10-15-25(22-31-21-24-13-6-2-7-14-24)20-27(19-23-11-4-1-5-12-23)28(29)26-16-8-3-9-17-26/h1-14,16-19H,15,20-22H2/b18-10-,27-19+,29-28+. The van der Waals surface area contributed by atoms with Crippen LogP contribution in [0.4, 0.5) is 0 Å². The predicted molar refractivity (Wildman–Crippen MR) is 126 cm³/mol. The van der Waals surface area contributed by atoms with E-state index in [1.165, 1.54) is 5.92 Å². The highest BCUT2D eigenvalue weighted by Gasteiger charge is 2.24. The van der Waals surface area contributed by atoms with Gasteiger partial charge in [0.25, 0.3) is 0 Å². The van der Waals surface area contributed by atoms with Gasteiger partial charge in [0, 0.05) is 17.1 Å². The third-order valence-electron chi connectivity index (χ3n) is 5.22. The van der Waals surface area contributed by atoms with Gasteiger partial charge >= 0.3 is 0 Å². The number of hydrogen-bond donors (Lipinski definition) is 0. The molecule has 3 nitrogen and oxygen atoms in total. The van der Waals surface area contributed by atoms with Crippen LogP contribution in [0.15, 0.2) is 109 Å². The number of rotatable bonds is 6. The summed E-state index contributed by atoms with van der Waals surface area (Å²) in [4.78, 5) is 0. The number of hydrogen-bond acceptors (Lipinski definition) is 2. The summed E-state index contributed by atoms with van der Waals surface area (Å²) < 4.78 is 7.01. The first kappa shape index (κ1) is 20.8. The SMILES string of the molecule is [O-][N+]1=C(c2ccccc2)/C(=C/c2ccccc2)C[C](COCc2ccccc2)C/C=C\1. The molecule has 1 radical (unpaired) electrons. The maximum absolute atomic E-state index is 13.0. The maximum Gasteiger partial charge on any atom is 0.226 e. The largest absolute Gasteiger partial charge is 0.618 e. The summed E-state index contributed by atoms with van der Waals surface area (Å²) in [5, 5.41) is 13.0. The highest BCUT2D eigenvalue weighted by Crippen LogP contribution is 2.27. The van der Waals surface area contributed by atoms with E-state index in [4.69, 9.17) is 4.74 Å². The van der Waals surface area contributed by atoms with E-state index in [0.29, 0.717) is 25.3 Å². The Kier molecular flexibility index (Phi) is 7.09. The van der Waals surface area contributed by atoms with Crippen molar-refractivity contribution in [3.8, 4) is 0 Å². The van der Waals surface area contributed by atoms with E-state index in [1.54, 1.807) is 6.20 Å². The maximum atomic E-state index is 13.0. The molecule has 0 amide bonds. The molecule has 3 aromatic rings. The summed E-state index contributed by atoms with van der Waals surface area (Å²) in [6.45, 7) is 1.14. The first-order chi connectivity index (χ1) is 15.3. The summed E-state index contributed by atoms with van der Waals surface area (Å²) >= 11 is 0. The van der Waals surface area contributed by atoms with Gasteiger partial charge in [0.15, 0.2) is 6.20 Å². The zero-order valence-corrected chi connectivity index (χ0v) is 17.5. The fourth-order valence-electron chi connectivity index (χ4n) is 3.73. The lowest BCUT2D eigenvalue weighted by atomic mass is 9.89. The Bertz CT molecular complexity index is 1050. The zero-order valence-electron chi connectivity index (χ0n) is 17.5. The van der Waals surface area contributed by atoms with E-state index < -0.39 is 0 Å². The minimum Gasteiger partial charge on any atom is -0.618 e. The highest BCUT2D eigenvalue weighted by atomic mass is 16.5. The molecule has 3 aromatic carbocycles.